The molecule has 0 fully saturated rings. The molecule has 0 saturated carbocycles. The Bertz CT molecular complexity index is 526. The molecule has 1 atom stereocenters. The van der Waals surface area contributed by atoms with E-state index in [4.69, 9.17) is 5.73 Å². The van der Waals surface area contributed by atoms with E-state index in [1.54, 1.807) is 6.07 Å². The summed E-state index contributed by atoms with van der Waals surface area (Å²) in [6.45, 7) is 7.62. The number of rotatable bonds is 8. The fourth-order valence-corrected chi connectivity index (χ4v) is 4.32. The van der Waals surface area contributed by atoms with Crippen molar-refractivity contribution in [3.63, 3.8) is 0 Å². The zero-order valence-electron chi connectivity index (χ0n) is 12.6. The predicted octanol–water partition coefficient (Wildman–Crippen LogP) is 1.52. The van der Waals surface area contributed by atoms with Crippen LogP contribution in [-0.4, -0.2) is 39.5 Å². The number of sulfonamides is 1. The van der Waals surface area contributed by atoms with E-state index in [9.17, 15) is 8.42 Å². The monoisotopic (exact) mass is 319 g/mol. The molecule has 1 aromatic rings. The number of nitrogens with zero attached hydrogens (tertiary/aromatic N) is 1. The first-order valence-electron chi connectivity index (χ1n) is 6.81. The number of hydrogen-bond donors (Lipinski definition) is 2. The van der Waals surface area contributed by atoms with Gasteiger partial charge in [0.15, 0.2) is 0 Å². The molecule has 0 radical (unpaired) electrons. The highest BCUT2D eigenvalue weighted by Crippen LogP contribution is 2.25. The number of thiophene rings is 1. The molecule has 1 rings (SSSR count). The van der Waals surface area contributed by atoms with Gasteiger partial charge in [0, 0.05) is 30.6 Å². The average molecular weight is 319 g/mol. The quantitative estimate of drug-likeness (QED) is 0.762. The largest absolute Gasteiger partial charge is 0.326 e. The van der Waals surface area contributed by atoms with Gasteiger partial charge in [-0.3, -0.25) is 0 Å². The standard InChI is InChI=1S/C13H25N3O2S2/c1-5-11(3)16(4)7-6-15-20(17,18)13-8-10(2)12(9-14)19-13/h8,11,15H,5-7,9,14H2,1-4H3. The maximum absolute atomic E-state index is 12.2. The summed E-state index contributed by atoms with van der Waals surface area (Å²) in [4.78, 5) is 3.06. The second-order valence-corrected chi connectivity index (χ2v) is 8.14. The Morgan fingerprint density at radius 1 is 1.50 bits per heavy atom. The highest BCUT2D eigenvalue weighted by molar-refractivity contribution is 7.91. The lowest BCUT2D eigenvalue weighted by Gasteiger charge is -2.23. The fourth-order valence-electron chi connectivity index (χ4n) is 1.78. The third-order valence-electron chi connectivity index (χ3n) is 3.55. The molecule has 0 saturated heterocycles. The lowest BCUT2D eigenvalue weighted by Crippen LogP contribution is -2.36. The van der Waals surface area contributed by atoms with Crippen LogP contribution in [0.4, 0.5) is 0 Å². The topological polar surface area (TPSA) is 75.4 Å². The van der Waals surface area contributed by atoms with Gasteiger partial charge in [-0.2, -0.15) is 0 Å². The molecule has 3 N–H and O–H groups in total. The summed E-state index contributed by atoms with van der Waals surface area (Å²) in [6.07, 6.45) is 1.05. The Balaban J connectivity index is 2.62. The first kappa shape index (κ1) is 17.6. The van der Waals surface area contributed by atoms with Crippen LogP contribution >= 0.6 is 11.3 Å². The van der Waals surface area contributed by atoms with E-state index in [-0.39, 0.29) is 0 Å². The first-order valence-corrected chi connectivity index (χ1v) is 9.11. The summed E-state index contributed by atoms with van der Waals surface area (Å²) in [5, 5.41) is 0. The number of nitrogens with one attached hydrogen (secondary N) is 1. The minimum atomic E-state index is -3.41. The Labute approximate surface area is 126 Å². The van der Waals surface area contributed by atoms with Gasteiger partial charge in [0.2, 0.25) is 10.0 Å². The van der Waals surface area contributed by atoms with Gasteiger partial charge in [0.1, 0.15) is 4.21 Å². The molecule has 1 aromatic heterocycles. The van der Waals surface area contributed by atoms with E-state index in [0.717, 1.165) is 16.9 Å². The molecular formula is C13H25N3O2S2. The Kier molecular flexibility index (Phi) is 6.60. The molecule has 20 heavy (non-hydrogen) atoms. The first-order chi connectivity index (χ1) is 9.31. The van der Waals surface area contributed by atoms with Crippen LogP contribution in [0.2, 0.25) is 0 Å². The number of nitrogens with two attached hydrogens (primary N) is 1. The van der Waals surface area contributed by atoms with Crippen molar-refractivity contribution in [2.75, 3.05) is 20.1 Å². The van der Waals surface area contributed by atoms with Crippen molar-refractivity contribution in [3.05, 3.63) is 16.5 Å². The van der Waals surface area contributed by atoms with Crippen LogP contribution in [0.25, 0.3) is 0 Å². The van der Waals surface area contributed by atoms with Crippen molar-refractivity contribution >= 4 is 21.4 Å². The zero-order chi connectivity index (χ0) is 15.3. The molecule has 7 heteroatoms. The Morgan fingerprint density at radius 2 is 2.15 bits per heavy atom. The van der Waals surface area contributed by atoms with Crippen LogP contribution in [0.1, 0.15) is 30.7 Å². The minimum Gasteiger partial charge on any atom is -0.326 e. The minimum absolute atomic E-state index is 0.349. The summed E-state index contributed by atoms with van der Waals surface area (Å²) in [7, 11) is -1.41. The summed E-state index contributed by atoms with van der Waals surface area (Å²) in [5.41, 5.74) is 6.52. The molecular weight excluding hydrogens is 294 g/mol. The highest BCUT2D eigenvalue weighted by Gasteiger charge is 2.18. The number of likely N-dealkylation sites (N-methyl/N-ethyl adjacent to an activating group) is 1. The molecule has 1 heterocycles. The van der Waals surface area contributed by atoms with E-state index in [1.165, 1.54) is 11.3 Å². The van der Waals surface area contributed by atoms with Crippen LogP contribution in [0, 0.1) is 6.92 Å². The maximum Gasteiger partial charge on any atom is 0.250 e. The lowest BCUT2D eigenvalue weighted by atomic mass is 10.2. The van der Waals surface area contributed by atoms with Crippen LogP contribution in [0.15, 0.2) is 10.3 Å². The molecule has 0 aromatic carbocycles. The Hall–Kier alpha value is -0.470. The molecule has 0 aliphatic rings. The van der Waals surface area contributed by atoms with Gasteiger partial charge in [0.25, 0.3) is 0 Å². The van der Waals surface area contributed by atoms with Gasteiger partial charge < -0.3 is 10.6 Å². The second-order valence-electron chi connectivity index (χ2n) is 5.01. The average Bonchev–Trinajstić information content (AvgIpc) is 2.79. The third-order valence-corrected chi connectivity index (χ3v) is 6.74. The van der Waals surface area contributed by atoms with E-state index in [2.05, 4.69) is 23.5 Å². The van der Waals surface area contributed by atoms with Crippen LogP contribution in [-0.2, 0) is 16.6 Å². The maximum atomic E-state index is 12.2. The van der Waals surface area contributed by atoms with Gasteiger partial charge in [-0.05, 0) is 38.9 Å². The van der Waals surface area contributed by atoms with Crippen LogP contribution in [0.5, 0.6) is 0 Å². The number of aryl methyl sites for hydroxylation is 1. The molecule has 0 aliphatic heterocycles. The number of hydrogen-bond acceptors (Lipinski definition) is 5. The second kappa shape index (κ2) is 7.51. The van der Waals surface area contributed by atoms with Crippen molar-refractivity contribution in [1.82, 2.24) is 9.62 Å². The molecule has 0 aliphatic carbocycles. The normalized spacial score (nSPS) is 13.9. The van der Waals surface area contributed by atoms with Crippen molar-refractivity contribution in [1.29, 1.82) is 0 Å². The predicted molar refractivity (Wildman–Crippen MR) is 84.5 cm³/mol. The molecule has 0 bridgehead atoms. The zero-order valence-corrected chi connectivity index (χ0v) is 14.3. The van der Waals surface area contributed by atoms with Gasteiger partial charge in [0.05, 0.1) is 0 Å². The molecule has 5 nitrogen and oxygen atoms in total. The highest BCUT2D eigenvalue weighted by atomic mass is 32.2. The van der Waals surface area contributed by atoms with Crippen molar-refractivity contribution in [2.24, 2.45) is 5.73 Å². The Morgan fingerprint density at radius 3 is 2.65 bits per heavy atom. The summed E-state index contributed by atoms with van der Waals surface area (Å²) in [5.74, 6) is 0. The van der Waals surface area contributed by atoms with Gasteiger partial charge in [-0.15, -0.1) is 11.3 Å². The summed E-state index contributed by atoms with van der Waals surface area (Å²) >= 11 is 1.25. The fraction of sp³-hybridized carbons (Fsp3) is 0.692. The lowest BCUT2D eigenvalue weighted by molar-refractivity contribution is 0.256. The van der Waals surface area contributed by atoms with E-state index in [1.807, 2.05) is 14.0 Å². The van der Waals surface area contributed by atoms with Gasteiger partial charge in [-0.25, -0.2) is 13.1 Å². The smallest absolute Gasteiger partial charge is 0.250 e. The van der Waals surface area contributed by atoms with Crippen LogP contribution in [0.3, 0.4) is 0 Å². The molecule has 0 amide bonds. The van der Waals surface area contributed by atoms with E-state index < -0.39 is 10.0 Å². The van der Waals surface area contributed by atoms with Crippen LogP contribution < -0.4 is 10.5 Å². The molecule has 1 unspecified atom stereocenters. The van der Waals surface area contributed by atoms with Gasteiger partial charge >= 0.3 is 0 Å². The van der Waals surface area contributed by atoms with Gasteiger partial charge in [-0.1, -0.05) is 6.92 Å². The summed E-state index contributed by atoms with van der Waals surface area (Å²) < 4.78 is 27.3. The SMILES string of the molecule is CCC(C)N(C)CCNS(=O)(=O)c1cc(C)c(CN)s1. The van der Waals surface area contributed by atoms with E-state index in [0.29, 0.717) is 29.9 Å². The van der Waals surface area contributed by atoms with Crippen molar-refractivity contribution < 1.29 is 8.42 Å². The summed E-state index contributed by atoms with van der Waals surface area (Å²) in [6, 6.07) is 2.14. The van der Waals surface area contributed by atoms with Crippen molar-refractivity contribution in [3.8, 4) is 0 Å². The van der Waals surface area contributed by atoms with E-state index >= 15 is 0 Å². The van der Waals surface area contributed by atoms with Crippen molar-refractivity contribution in [2.45, 2.75) is 44.0 Å². The molecule has 0 spiro atoms. The third kappa shape index (κ3) is 4.53. The molecule has 116 valence electrons.